The van der Waals surface area contributed by atoms with Crippen LogP contribution in [0.4, 0.5) is 5.69 Å². The molecule has 4 rings (SSSR count). The summed E-state index contributed by atoms with van der Waals surface area (Å²) in [5, 5.41) is 5.31. The van der Waals surface area contributed by atoms with Crippen molar-refractivity contribution >= 4 is 23.4 Å². The SMILES string of the molecule is CCCCSc1n[n+]2c(c(=O)[nH]1)-c1ccccc1N(C(C)=O)C2c1cccc(OC)c1OC. The zero-order valence-electron chi connectivity index (χ0n) is 19.1. The van der Waals surface area contributed by atoms with E-state index in [9.17, 15) is 9.59 Å². The summed E-state index contributed by atoms with van der Waals surface area (Å²) in [7, 11) is 3.12. The number of amides is 1. The van der Waals surface area contributed by atoms with Crippen molar-refractivity contribution in [1.82, 2.24) is 10.1 Å². The predicted octanol–water partition coefficient (Wildman–Crippen LogP) is 3.55. The van der Waals surface area contributed by atoms with Gasteiger partial charge in [-0.25, -0.2) is 4.90 Å². The Morgan fingerprint density at radius 2 is 1.97 bits per heavy atom. The fraction of sp³-hybridized carbons (Fsp3) is 0.333. The van der Waals surface area contributed by atoms with Gasteiger partial charge in [0.1, 0.15) is 0 Å². The maximum atomic E-state index is 13.3. The van der Waals surface area contributed by atoms with Crippen molar-refractivity contribution in [1.29, 1.82) is 0 Å². The second kappa shape index (κ2) is 9.66. The lowest BCUT2D eigenvalue weighted by Crippen LogP contribution is -2.60. The molecule has 0 radical (unpaired) electrons. The van der Waals surface area contributed by atoms with Gasteiger partial charge in [-0.15, -0.1) is 0 Å². The highest BCUT2D eigenvalue weighted by Crippen LogP contribution is 2.42. The number of H-pyrrole nitrogens is 1. The molecule has 8 nitrogen and oxygen atoms in total. The molecule has 0 aliphatic carbocycles. The Labute approximate surface area is 196 Å². The Kier molecular flexibility index (Phi) is 6.69. The maximum absolute atomic E-state index is 13.3. The highest BCUT2D eigenvalue weighted by atomic mass is 32.2. The third-order valence-corrected chi connectivity index (χ3v) is 6.50. The predicted molar refractivity (Wildman–Crippen MR) is 127 cm³/mol. The Balaban J connectivity index is 2.02. The van der Waals surface area contributed by atoms with Crippen molar-refractivity contribution in [3.05, 3.63) is 58.4 Å². The number of nitrogens with zero attached hydrogens (tertiary/aromatic N) is 3. The Hall–Kier alpha value is -3.33. The van der Waals surface area contributed by atoms with Crippen molar-refractivity contribution in [2.24, 2.45) is 0 Å². The largest absolute Gasteiger partial charge is 0.493 e. The van der Waals surface area contributed by atoms with Gasteiger partial charge in [0.25, 0.3) is 6.17 Å². The van der Waals surface area contributed by atoms with E-state index in [1.54, 1.807) is 29.9 Å². The number of aromatic amines is 1. The molecule has 1 unspecified atom stereocenters. The Bertz CT molecular complexity index is 1240. The number of para-hydroxylation sites is 2. The van der Waals surface area contributed by atoms with E-state index < -0.39 is 6.17 Å². The molecule has 33 heavy (non-hydrogen) atoms. The van der Waals surface area contributed by atoms with Crippen LogP contribution in [0.15, 0.2) is 52.4 Å². The molecule has 1 N–H and O–H groups in total. The number of benzene rings is 2. The smallest absolute Gasteiger partial charge is 0.325 e. The van der Waals surface area contributed by atoms with E-state index in [-0.39, 0.29) is 11.5 Å². The van der Waals surface area contributed by atoms with Crippen LogP contribution in [0.1, 0.15) is 38.4 Å². The molecule has 0 saturated heterocycles. The molecular weight excluding hydrogens is 440 g/mol. The molecule has 0 fully saturated rings. The molecule has 1 amide bonds. The van der Waals surface area contributed by atoms with Crippen molar-refractivity contribution in [2.45, 2.75) is 38.0 Å². The molecule has 0 saturated carbocycles. The summed E-state index contributed by atoms with van der Waals surface area (Å²) in [5.74, 6) is 1.66. The summed E-state index contributed by atoms with van der Waals surface area (Å²) in [6, 6.07) is 12.8. The first kappa shape index (κ1) is 22.8. The van der Waals surface area contributed by atoms with Gasteiger partial charge < -0.3 is 9.47 Å². The van der Waals surface area contributed by atoms with Gasteiger partial charge >= 0.3 is 11.3 Å². The van der Waals surface area contributed by atoms with Crippen LogP contribution in [0.5, 0.6) is 11.5 Å². The quantitative estimate of drug-likeness (QED) is 0.325. The van der Waals surface area contributed by atoms with Crippen molar-refractivity contribution in [3.63, 3.8) is 0 Å². The molecule has 0 bridgehead atoms. The van der Waals surface area contributed by atoms with Crippen LogP contribution < -0.4 is 24.6 Å². The van der Waals surface area contributed by atoms with E-state index in [0.717, 1.165) is 18.6 Å². The first-order chi connectivity index (χ1) is 16.0. The van der Waals surface area contributed by atoms with Crippen molar-refractivity contribution < 1.29 is 19.0 Å². The third-order valence-electron chi connectivity index (χ3n) is 5.55. The van der Waals surface area contributed by atoms with Crippen LogP contribution >= 0.6 is 11.8 Å². The second-order valence-electron chi connectivity index (χ2n) is 7.62. The zero-order chi connectivity index (χ0) is 23.5. The van der Waals surface area contributed by atoms with E-state index >= 15 is 0 Å². The van der Waals surface area contributed by atoms with Gasteiger partial charge in [-0.2, -0.15) is 0 Å². The maximum Gasteiger partial charge on any atom is 0.325 e. The van der Waals surface area contributed by atoms with E-state index in [4.69, 9.17) is 14.6 Å². The van der Waals surface area contributed by atoms with Crippen LogP contribution in [-0.2, 0) is 4.79 Å². The monoisotopic (exact) mass is 467 g/mol. The number of carbonyl (C=O) groups excluding carboxylic acids is 1. The van der Waals surface area contributed by atoms with Gasteiger partial charge in [-0.3, -0.25) is 14.6 Å². The minimum atomic E-state index is -0.731. The summed E-state index contributed by atoms with van der Waals surface area (Å²) in [6.07, 6.45) is 1.32. The van der Waals surface area contributed by atoms with Gasteiger partial charge in [-0.1, -0.05) is 43.3 Å². The minimum Gasteiger partial charge on any atom is -0.493 e. The van der Waals surface area contributed by atoms with E-state index in [1.165, 1.54) is 18.7 Å². The minimum absolute atomic E-state index is 0.183. The lowest BCUT2D eigenvalue weighted by molar-refractivity contribution is -0.763. The number of nitrogens with one attached hydrogen (secondary N) is 1. The molecule has 0 spiro atoms. The number of methoxy groups -OCH3 is 2. The van der Waals surface area contributed by atoms with Crippen molar-refractivity contribution in [2.75, 3.05) is 24.9 Å². The average molecular weight is 468 g/mol. The van der Waals surface area contributed by atoms with Crippen LogP contribution in [0.2, 0.25) is 0 Å². The molecular formula is C24H27N4O4S+. The van der Waals surface area contributed by atoms with Crippen LogP contribution in [0.25, 0.3) is 11.3 Å². The highest BCUT2D eigenvalue weighted by molar-refractivity contribution is 7.99. The van der Waals surface area contributed by atoms with Gasteiger partial charge in [0, 0.05) is 17.8 Å². The number of thioether (sulfide) groups is 1. The lowest BCUT2D eigenvalue weighted by atomic mass is 10.0. The summed E-state index contributed by atoms with van der Waals surface area (Å²) >= 11 is 1.49. The summed E-state index contributed by atoms with van der Waals surface area (Å²) in [6.45, 7) is 3.62. The number of carbonyl (C=O) groups is 1. The molecule has 1 aromatic heterocycles. The van der Waals surface area contributed by atoms with Crippen LogP contribution in [-0.4, -0.2) is 36.0 Å². The molecule has 172 valence electrons. The number of fused-ring (bicyclic) bond motifs is 3. The van der Waals surface area contributed by atoms with Crippen LogP contribution in [0.3, 0.4) is 0 Å². The van der Waals surface area contributed by atoms with Gasteiger partial charge in [0.05, 0.1) is 31.0 Å². The summed E-state index contributed by atoms with van der Waals surface area (Å²) < 4.78 is 12.8. The summed E-state index contributed by atoms with van der Waals surface area (Å²) in [4.78, 5) is 30.9. The number of rotatable bonds is 7. The molecule has 1 aliphatic heterocycles. The molecule has 1 aliphatic rings. The number of hydrogen-bond donors (Lipinski definition) is 1. The number of hydrogen-bond acceptors (Lipinski definition) is 6. The van der Waals surface area contributed by atoms with Gasteiger partial charge in [0.2, 0.25) is 11.1 Å². The normalized spacial score (nSPS) is 14.4. The van der Waals surface area contributed by atoms with E-state index in [2.05, 4.69) is 11.9 Å². The topological polar surface area (TPSA) is 88.4 Å². The highest BCUT2D eigenvalue weighted by Gasteiger charge is 2.46. The molecule has 9 heteroatoms. The molecule has 2 aromatic carbocycles. The standard InChI is InChI=1S/C24H26N4O4S/c1-5-6-14-33-24-25-22(30)20-16-10-7-8-12-18(16)27(15(2)29)23(28(20)26-24)17-11-9-13-19(31-3)21(17)32-4/h7-13,23H,5-6,14H2,1-4H3/p+1. The molecule has 1 atom stereocenters. The van der Waals surface area contributed by atoms with Crippen molar-refractivity contribution in [3.8, 4) is 22.8 Å². The Morgan fingerprint density at radius 1 is 1.18 bits per heavy atom. The lowest BCUT2D eigenvalue weighted by Gasteiger charge is -2.32. The average Bonchev–Trinajstić information content (AvgIpc) is 2.82. The molecule has 2 heterocycles. The van der Waals surface area contributed by atoms with E-state index in [0.29, 0.717) is 39.2 Å². The number of unbranched alkanes of at least 4 members (excludes halogenated alkanes) is 1. The summed E-state index contributed by atoms with van der Waals surface area (Å²) in [5.41, 5.74) is 2.07. The van der Waals surface area contributed by atoms with E-state index in [1.807, 2.05) is 36.4 Å². The molecule has 3 aromatic rings. The number of aromatic nitrogens is 3. The first-order valence-electron chi connectivity index (χ1n) is 10.8. The Morgan fingerprint density at radius 3 is 2.67 bits per heavy atom. The fourth-order valence-corrected chi connectivity index (χ4v) is 5.02. The first-order valence-corrected chi connectivity index (χ1v) is 11.8. The van der Waals surface area contributed by atoms with Gasteiger partial charge in [-0.05, 0) is 35.4 Å². The number of ether oxygens (including phenoxy) is 2. The second-order valence-corrected chi connectivity index (χ2v) is 8.70. The van der Waals surface area contributed by atoms with Crippen LogP contribution in [0, 0.1) is 0 Å². The third kappa shape index (κ3) is 4.08. The number of anilines is 1. The van der Waals surface area contributed by atoms with Gasteiger partial charge in [0.15, 0.2) is 11.5 Å². The fourth-order valence-electron chi connectivity index (χ4n) is 4.09. The zero-order valence-corrected chi connectivity index (χ0v) is 19.9.